The molecule has 0 bridgehead atoms. The van der Waals surface area contributed by atoms with Crippen molar-refractivity contribution in [3.05, 3.63) is 0 Å². The molecule has 1 heterocycles. The van der Waals surface area contributed by atoms with E-state index in [0.717, 1.165) is 26.1 Å². The Bertz CT molecular complexity index is 246. The van der Waals surface area contributed by atoms with Gasteiger partial charge in [0, 0.05) is 33.6 Å². The van der Waals surface area contributed by atoms with Gasteiger partial charge in [0.15, 0.2) is 0 Å². The molecule has 0 spiro atoms. The molecule has 0 aromatic carbocycles. The number of hydrogen-bond acceptors (Lipinski definition) is 4. The van der Waals surface area contributed by atoms with E-state index in [4.69, 9.17) is 9.84 Å². The van der Waals surface area contributed by atoms with Crippen LogP contribution < -0.4 is 0 Å². The van der Waals surface area contributed by atoms with Crippen LogP contribution >= 0.6 is 0 Å². The fraction of sp³-hybridized carbons (Fsp3) is 0.917. The summed E-state index contributed by atoms with van der Waals surface area (Å²) in [7, 11) is 3.56. The summed E-state index contributed by atoms with van der Waals surface area (Å²) >= 11 is 0. The van der Waals surface area contributed by atoms with Gasteiger partial charge in [0.2, 0.25) is 5.91 Å². The van der Waals surface area contributed by atoms with E-state index in [1.54, 1.807) is 19.0 Å². The molecule has 100 valence electrons. The van der Waals surface area contributed by atoms with E-state index in [-0.39, 0.29) is 24.7 Å². The minimum Gasteiger partial charge on any atom is -0.394 e. The number of carbonyl (C=O) groups excluding carboxylic acids is 1. The Balaban J connectivity index is 2.24. The molecule has 1 amide bonds. The van der Waals surface area contributed by atoms with Crippen molar-refractivity contribution in [3.8, 4) is 0 Å². The normalized spacial score (nSPS) is 25.9. The topological polar surface area (TPSA) is 53.0 Å². The highest BCUT2D eigenvalue weighted by Crippen LogP contribution is 2.11. The van der Waals surface area contributed by atoms with Gasteiger partial charge in [-0.2, -0.15) is 0 Å². The van der Waals surface area contributed by atoms with Crippen LogP contribution in [0.5, 0.6) is 0 Å². The van der Waals surface area contributed by atoms with Crippen molar-refractivity contribution in [1.82, 2.24) is 9.80 Å². The summed E-state index contributed by atoms with van der Waals surface area (Å²) in [5, 5.41) is 9.10. The molecule has 2 atom stereocenters. The maximum atomic E-state index is 11.4. The number of amides is 1. The number of rotatable bonds is 5. The first-order valence-corrected chi connectivity index (χ1v) is 6.21. The first-order valence-electron chi connectivity index (χ1n) is 6.21. The Morgan fingerprint density at radius 2 is 2.18 bits per heavy atom. The number of aliphatic hydroxyl groups excluding tert-OH is 1. The highest BCUT2D eigenvalue weighted by atomic mass is 16.5. The molecule has 0 saturated carbocycles. The van der Waals surface area contributed by atoms with Crippen molar-refractivity contribution in [2.75, 3.05) is 40.3 Å². The Morgan fingerprint density at radius 1 is 1.47 bits per heavy atom. The van der Waals surface area contributed by atoms with Crippen molar-refractivity contribution < 1.29 is 14.6 Å². The number of hydrogen-bond donors (Lipinski definition) is 1. The highest BCUT2D eigenvalue weighted by Gasteiger charge is 2.24. The average Bonchev–Trinajstić information content (AvgIpc) is 2.27. The number of aliphatic hydroxyl groups is 1. The monoisotopic (exact) mass is 244 g/mol. The minimum atomic E-state index is -0.0803. The lowest BCUT2D eigenvalue weighted by Crippen LogP contribution is -2.48. The Labute approximate surface area is 103 Å². The second kappa shape index (κ2) is 6.93. The Hall–Kier alpha value is -0.650. The Kier molecular flexibility index (Phi) is 5.88. The zero-order chi connectivity index (χ0) is 12.8. The van der Waals surface area contributed by atoms with Crippen molar-refractivity contribution >= 4 is 5.91 Å². The molecule has 1 aliphatic heterocycles. The first-order chi connectivity index (χ1) is 8.02. The van der Waals surface area contributed by atoms with Gasteiger partial charge in [-0.1, -0.05) is 0 Å². The van der Waals surface area contributed by atoms with Gasteiger partial charge in [-0.25, -0.2) is 0 Å². The van der Waals surface area contributed by atoms with E-state index in [1.807, 2.05) is 6.92 Å². The van der Waals surface area contributed by atoms with Crippen LogP contribution in [0, 0.1) is 0 Å². The third-order valence-corrected chi connectivity index (χ3v) is 2.97. The van der Waals surface area contributed by atoms with Gasteiger partial charge in [-0.15, -0.1) is 0 Å². The fourth-order valence-electron chi connectivity index (χ4n) is 2.10. The van der Waals surface area contributed by atoms with E-state index in [1.165, 1.54) is 0 Å². The second-order valence-electron chi connectivity index (χ2n) is 4.90. The Morgan fingerprint density at radius 3 is 2.76 bits per heavy atom. The molecule has 1 N–H and O–H groups in total. The lowest BCUT2D eigenvalue weighted by molar-refractivity contribution is -0.129. The van der Waals surface area contributed by atoms with Crippen LogP contribution in [-0.2, 0) is 9.53 Å². The smallest absolute Gasteiger partial charge is 0.222 e. The summed E-state index contributed by atoms with van der Waals surface area (Å²) in [6.07, 6.45) is 1.53. The predicted octanol–water partition coefficient (Wildman–Crippen LogP) is -0.0636. The third kappa shape index (κ3) is 5.02. The number of nitrogens with zero attached hydrogens (tertiary/aromatic N) is 2. The quantitative estimate of drug-likeness (QED) is 0.736. The van der Waals surface area contributed by atoms with Gasteiger partial charge >= 0.3 is 0 Å². The molecule has 1 fully saturated rings. The van der Waals surface area contributed by atoms with Crippen molar-refractivity contribution in [1.29, 1.82) is 0 Å². The molecule has 0 radical (unpaired) electrons. The van der Waals surface area contributed by atoms with Crippen LogP contribution in [0.4, 0.5) is 0 Å². The van der Waals surface area contributed by atoms with Crippen LogP contribution in [0.15, 0.2) is 0 Å². The van der Waals surface area contributed by atoms with Crippen molar-refractivity contribution in [3.63, 3.8) is 0 Å². The largest absolute Gasteiger partial charge is 0.394 e. The summed E-state index contributed by atoms with van der Waals surface area (Å²) in [6.45, 7) is 4.62. The lowest BCUT2D eigenvalue weighted by Gasteiger charge is -2.36. The number of carbonyl (C=O) groups is 1. The van der Waals surface area contributed by atoms with Gasteiger partial charge in [-0.3, -0.25) is 9.69 Å². The van der Waals surface area contributed by atoms with Crippen LogP contribution in [0.2, 0.25) is 0 Å². The standard InChI is InChI=1S/C12H24N2O3/c1-10-7-14(8-11(9-15)17-10)6-4-5-12(16)13(2)3/h10-11,15H,4-9H2,1-3H3. The van der Waals surface area contributed by atoms with Crippen molar-refractivity contribution in [2.24, 2.45) is 0 Å². The molecule has 5 heteroatoms. The summed E-state index contributed by atoms with van der Waals surface area (Å²) in [5.41, 5.74) is 0. The lowest BCUT2D eigenvalue weighted by atomic mass is 10.2. The van der Waals surface area contributed by atoms with Crippen LogP contribution in [0.3, 0.4) is 0 Å². The van der Waals surface area contributed by atoms with Crippen LogP contribution in [0.25, 0.3) is 0 Å². The molecule has 0 aromatic rings. The molecule has 0 aliphatic carbocycles. The molecular weight excluding hydrogens is 220 g/mol. The third-order valence-electron chi connectivity index (χ3n) is 2.97. The van der Waals surface area contributed by atoms with E-state index >= 15 is 0 Å². The summed E-state index contributed by atoms with van der Waals surface area (Å²) < 4.78 is 5.56. The summed E-state index contributed by atoms with van der Waals surface area (Å²) in [5.74, 6) is 0.171. The maximum absolute atomic E-state index is 11.4. The van der Waals surface area contributed by atoms with Gasteiger partial charge < -0.3 is 14.7 Å². The molecule has 1 saturated heterocycles. The van der Waals surface area contributed by atoms with Gasteiger partial charge in [-0.05, 0) is 19.9 Å². The van der Waals surface area contributed by atoms with Crippen LogP contribution in [0.1, 0.15) is 19.8 Å². The zero-order valence-electron chi connectivity index (χ0n) is 11.1. The SMILES string of the molecule is CC1CN(CCCC(=O)N(C)C)CC(CO)O1. The minimum absolute atomic E-state index is 0.0669. The predicted molar refractivity (Wildman–Crippen MR) is 65.8 cm³/mol. The molecule has 2 unspecified atom stereocenters. The van der Waals surface area contributed by atoms with Gasteiger partial charge in [0.25, 0.3) is 0 Å². The molecule has 1 rings (SSSR count). The van der Waals surface area contributed by atoms with E-state index in [2.05, 4.69) is 4.90 Å². The van der Waals surface area contributed by atoms with E-state index in [9.17, 15) is 4.79 Å². The van der Waals surface area contributed by atoms with E-state index < -0.39 is 0 Å². The zero-order valence-corrected chi connectivity index (χ0v) is 11.1. The van der Waals surface area contributed by atoms with Crippen molar-refractivity contribution in [2.45, 2.75) is 32.0 Å². The molecule has 17 heavy (non-hydrogen) atoms. The molecule has 5 nitrogen and oxygen atoms in total. The summed E-state index contributed by atoms with van der Waals surface area (Å²) in [4.78, 5) is 15.3. The average molecular weight is 244 g/mol. The van der Waals surface area contributed by atoms with Gasteiger partial charge in [0.05, 0.1) is 18.8 Å². The highest BCUT2D eigenvalue weighted by molar-refractivity contribution is 5.75. The molecule has 0 aromatic heterocycles. The molecule has 1 aliphatic rings. The summed E-state index contributed by atoms with van der Waals surface area (Å²) in [6, 6.07) is 0. The van der Waals surface area contributed by atoms with Gasteiger partial charge in [0.1, 0.15) is 0 Å². The number of ether oxygens (including phenoxy) is 1. The number of morpholine rings is 1. The maximum Gasteiger partial charge on any atom is 0.222 e. The fourth-order valence-corrected chi connectivity index (χ4v) is 2.10. The first kappa shape index (κ1) is 14.4. The molecular formula is C12H24N2O3. The van der Waals surface area contributed by atoms with Crippen LogP contribution in [-0.4, -0.2) is 73.4 Å². The van der Waals surface area contributed by atoms with E-state index in [0.29, 0.717) is 6.42 Å². The second-order valence-corrected chi connectivity index (χ2v) is 4.90.